The molecule has 8 nitrogen and oxygen atoms in total. The van der Waals surface area contributed by atoms with Crippen LogP contribution in [0.15, 0.2) is 22.8 Å². The molecule has 0 aromatic carbocycles. The first-order valence-electron chi connectivity index (χ1n) is 8.74. The van der Waals surface area contributed by atoms with Gasteiger partial charge in [-0.15, -0.1) is 0 Å². The van der Waals surface area contributed by atoms with Gasteiger partial charge in [0, 0.05) is 19.0 Å². The minimum Gasteiger partial charge on any atom is -0.467 e. The summed E-state index contributed by atoms with van der Waals surface area (Å²) in [4.78, 5) is 25.0. The second-order valence-electron chi connectivity index (χ2n) is 6.96. The van der Waals surface area contributed by atoms with Crippen LogP contribution in [0.25, 0.3) is 0 Å². The first-order chi connectivity index (χ1) is 12.2. The van der Waals surface area contributed by atoms with Crippen molar-refractivity contribution in [2.75, 3.05) is 19.3 Å². The van der Waals surface area contributed by atoms with Crippen LogP contribution in [-0.4, -0.2) is 49.9 Å². The number of nitrogens with zero attached hydrogens (tertiary/aromatic N) is 1. The summed E-state index contributed by atoms with van der Waals surface area (Å²) in [6.07, 6.45) is 3.62. The van der Waals surface area contributed by atoms with Crippen LogP contribution in [0.4, 0.5) is 0 Å². The van der Waals surface area contributed by atoms with Crippen molar-refractivity contribution in [1.29, 1.82) is 0 Å². The summed E-state index contributed by atoms with van der Waals surface area (Å²) < 4.78 is 29.7. The second-order valence-corrected chi connectivity index (χ2v) is 8.95. The molecule has 2 rings (SSSR count). The summed E-state index contributed by atoms with van der Waals surface area (Å²) in [6, 6.07) is 2.86. The second kappa shape index (κ2) is 8.68. The highest BCUT2D eigenvalue weighted by atomic mass is 32.2. The van der Waals surface area contributed by atoms with Crippen LogP contribution in [-0.2, 0) is 26.2 Å². The topological polar surface area (TPSA) is 109 Å². The number of sulfonamides is 1. The van der Waals surface area contributed by atoms with Crippen molar-refractivity contribution in [2.24, 2.45) is 11.8 Å². The molecule has 0 saturated carbocycles. The summed E-state index contributed by atoms with van der Waals surface area (Å²) >= 11 is 0. The molecule has 1 aromatic heterocycles. The van der Waals surface area contributed by atoms with Crippen molar-refractivity contribution in [2.45, 2.75) is 39.3 Å². The molecule has 1 aromatic rings. The summed E-state index contributed by atoms with van der Waals surface area (Å²) in [6.45, 7) is 4.65. The highest BCUT2D eigenvalue weighted by Crippen LogP contribution is 2.20. The van der Waals surface area contributed by atoms with E-state index in [1.807, 2.05) is 13.8 Å². The lowest BCUT2D eigenvalue weighted by Gasteiger charge is -2.31. The molecule has 1 saturated heterocycles. The molecule has 26 heavy (non-hydrogen) atoms. The van der Waals surface area contributed by atoms with Gasteiger partial charge in [-0.05, 0) is 30.9 Å². The molecule has 1 aliphatic heterocycles. The van der Waals surface area contributed by atoms with Crippen molar-refractivity contribution in [3.8, 4) is 0 Å². The first-order valence-corrected chi connectivity index (χ1v) is 10.6. The molecule has 2 heterocycles. The Morgan fingerprint density at radius 2 is 1.96 bits per heavy atom. The molecule has 1 aliphatic rings. The van der Waals surface area contributed by atoms with Gasteiger partial charge in [-0.2, -0.15) is 0 Å². The molecule has 146 valence electrons. The highest BCUT2D eigenvalue weighted by molar-refractivity contribution is 7.88. The van der Waals surface area contributed by atoms with Gasteiger partial charge in [0.1, 0.15) is 11.8 Å². The first kappa shape index (κ1) is 20.4. The van der Waals surface area contributed by atoms with E-state index in [2.05, 4.69) is 10.6 Å². The molecule has 1 fully saturated rings. The van der Waals surface area contributed by atoms with Gasteiger partial charge in [-0.25, -0.2) is 12.7 Å². The SMILES string of the molecule is CC(C)[C@H](NC(=O)C1CCN(S(C)(=O)=O)CC1)C(=O)NCc1ccco1. The van der Waals surface area contributed by atoms with Gasteiger partial charge in [0.2, 0.25) is 21.8 Å². The van der Waals surface area contributed by atoms with Crippen LogP contribution in [0, 0.1) is 11.8 Å². The largest absolute Gasteiger partial charge is 0.467 e. The zero-order chi connectivity index (χ0) is 19.3. The maximum Gasteiger partial charge on any atom is 0.243 e. The van der Waals surface area contributed by atoms with E-state index in [1.54, 1.807) is 12.1 Å². The van der Waals surface area contributed by atoms with E-state index >= 15 is 0 Å². The average molecular weight is 385 g/mol. The standard InChI is InChI=1S/C17H27N3O5S/c1-12(2)15(17(22)18-11-14-5-4-10-25-14)19-16(21)13-6-8-20(9-7-13)26(3,23)24/h4-5,10,12-13,15H,6-9,11H2,1-3H3,(H,18,22)(H,19,21)/t15-/m0/s1. The Bertz CT molecular complexity index is 707. The van der Waals surface area contributed by atoms with Crippen molar-refractivity contribution in [1.82, 2.24) is 14.9 Å². The fraction of sp³-hybridized carbons (Fsp3) is 0.647. The fourth-order valence-corrected chi connectivity index (χ4v) is 3.83. The highest BCUT2D eigenvalue weighted by Gasteiger charge is 2.32. The predicted octanol–water partition coefficient (Wildman–Crippen LogP) is 0.708. The van der Waals surface area contributed by atoms with E-state index in [0.717, 1.165) is 0 Å². The van der Waals surface area contributed by atoms with E-state index in [4.69, 9.17) is 4.42 Å². The molecular weight excluding hydrogens is 358 g/mol. The average Bonchev–Trinajstić information content (AvgIpc) is 3.10. The number of amides is 2. The normalized spacial score (nSPS) is 17.8. The number of piperidine rings is 1. The van der Waals surface area contributed by atoms with Crippen molar-refractivity contribution in [3.63, 3.8) is 0 Å². The molecule has 0 spiro atoms. The quantitative estimate of drug-likeness (QED) is 0.718. The van der Waals surface area contributed by atoms with Crippen LogP contribution in [0.5, 0.6) is 0 Å². The number of nitrogens with one attached hydrogen (secondary N) is 2. The minimum atomic E-state index is -3.23. The zero-order valence-electron chi connectivity index (χ0n) is 15.4. The van der Waals surface area contributed by atoms with Crippen molar-refractivity contribution in [3.05, 3.63) is 24.2 Å². The summed E-state index contributed by atoms with van der Waals surface area (Å²) in [5, 5.41) is 5.59. The lowest BCUT2D eigenvalue weighted by Crippen LogP contribution is -2.52. The molecular formula is C17H27N3O5S. The number of hydrogen-bond donors (Lipinski definition) is 2. The van der Waals surface area contributed by atoms with E-state index < -0.39 is 16.1 Å². The van der Waals surface area contributed by atoms with E-state index in [9.17, 15) is 18.0 Å². The maximum absolute atomic E-state index is 12.5. The predicted molar refractivity (Wildman–Crippen MR) is 96.5 cm³/mol. The van der Waals surface area contributed by atoms with Gasteiger partial charge >= 0.3 is 0 Å². The number of carbonyl (C=O) groups is 2. The lowest BCUT2D eigenvalue weighted by atomic mass is 9.95. The smallest absolute Gasteiger partial charge is 0.243 e. The van der Waals surface area contributed by atoms with Gasteiger partial charge < -0.3 is 15.1 Å². The van der Waals surface area contributed by atoms with Gasteiger partial charge in [-0.3, -0.25) is 9.59 Å². The molecule has 0 radical (unpaired) electrons. The Labute approximate surface area is 154 Å². The third kappa shape index (κ3) is 5.57. The zero-order valence-corrected chi connectivity index (χ0v) is 16.2. The lowest BCUT2D eigenvalue weighted by molar-refractivity contribution is -0.132. The van der Waals surface area contributed by atoms with Gasteiger partial charge in [0.25, 0.3) is 0 Å². The molecule has 0 unspecified atom stereocenters. The Kier molecular flexibility index (Phi) is 6.82. The Hall–Kier alpha value is -1.87. The van der Waals surface area contributed by atoms with E-state index in [1.165, 1.54) is 16.8 Å². The van der Waals surface area contributed by atoms with Crippen LogP contribution >= 0.6 is 0 Å². The minimum absolute atomic E-state index is 0.0772. The molecule has 1 atom stereocenters. The van der Waals surface area contributed by atoms with Crippen molar-refractivity contribution < 1.29 is 22.4 Å². The van der Waals surface area contributed by atoms with E-state index in [-0.39, 0.29) is 30.2 Å². The third-order valence-electron chi connectivity index (χ3n) is 4.56. The van der Waals surface area contributed by atoms with Crippen LogP contribution in [0.2, 0.25) is 0 Å². The summed E-state index contributed by atoms with van der Waals surface area (Å²) in [5.74, 6) is -0.192. The summed E-state index contributed by atoms with van der Waals surface area (Å²) in [7, 11) is -3.23. The Balaban J connectivity index is 1.88. The van der Waals surface area contributed by atoms with Crippen LogP contribution < -0.4 is 10.6 Å². The monoisotopic (exact) mass is 385 g/mol. The number of rotatable bonds is 7. The number of carbonyl (C=O) groups excluding carboxylic acids is 2. The maximum atomic E-state index is 12.5. The number of hydrogen-bond acceptors (Lipinski definition) is 5. The molecule has 0 aliphatic carbocycles. The molecule has 0 bridgehead atoms. The van der Waals surface area contributed by atoms with Gasteiger partial charge in [0.05, 0.1) is 19.1 Å². The molecule has 9 heteroatoms. The van der Waals surface area contributed by atoms with Gasteiger partial charge in [0.15, 0.2) is 0 Å². The molecule has 2 N–H and O–H groups in total. The third-order valence-corrected chi connectivity index (χ3v) is 5.86. The van der Waals surface area contributed by atoms with Gasteiger partial charge in [-0.1, -0.05) is 13.8 Å². The van der Waals surface area contributed by atoms with Crippen LogP contribution in [0.3, 0.4) is 0 Å². The summed E-state index contributed by atoms with van der Waals surface area (Å²) in [5.41, 5.74) is 0. The Morgan fingerprint density at radius 1 is 1.31 bits per heavy atom. The van der Waals surface area contributed by atoms with E-state index in [0.29, 0.717) is 31.7 Å². The number of furan rings is 1. The van der Waals surface area contributed by atoms with Crippen LogP contribution in [0.1, 0.15) is 32.4 Å². The molecule has 2 amide bonds. The Morgan fingerprint density at radius 3 is 2.46 bits per heavy atom. The fourth-order valence-electron chi connectivity index (χ4n) is 2.95. The van der Waals surface area contributed by atoms with Crippen molar-refractivity contribution >= 4 is 21.8 Å².